The molecule has 110 valence electrons. The molecule has 1 amide bonds. The van der Waals surface area contributed by atoms with Crippen LogP contribution in [0, 0.1) is 11.3 Å². The van der Waals surface area contributed by atoms with Crippen molar-refractivity contribution in [1.29, 1.82) is 0 Å². The number of hydrogen-bond donors (Lipinski definition) is 1. The normalized spacial score (nSPS) is 27.9. The van der Waals surface area contributed by atoms with Crippen molar-refractivity contribution in [1.82, 2.24) is 4.90 Å². The van der Waals surface area contributed by atoms with Gasteiger partial charge in [0.25, 0.3) is 0 Å². The van der Waals surface area contributed by atoms with Gasteiger partial charge in [-0.25, -0.2) is 0 Å². The number of nitrogens with zero attached hydrogens (tertiary/aromatic N) is 1. The predicted octanol–water partition coefficient (Wildman–Crippen LogP) is 2.93. The SMILES string of the molecule is CCC1CCCN(C(=O)C2(CN)CCCCC2)CC1. The van der Waals surface area contributed by atoms with Crippen LogP contribution in [0.2, 0.25) is 0 Å². The maximum Gasteiger partial charge on any atom is 0.230 e. The van der Waals surface area contributed by atoms with E-state index in [0.29, 0.717) is 12.5 Å². The maximum atomic E-state index is 12.9. The fraction of sp³-hybridized carbons (Fsp3) is 0.938. The van der Waals surface area contributed by atoms with Gasteiger partial charge in [0.2, 0.25) is 5.91 Å². The molecule has 0 aromatic carbocycles. The van der Waals surface area contributed by atoms with Gasteiger partial charge in [0.15, 0.2) is 0 Å². The molecule has 0 radical (unpaired) electrons. The van der Waals surface area contributed by atoms with Crippen molar-refractivity contribution in [3.63, 3.8) is 0 Å². The van der Waals surface area contributed by atoms with E-state index in [4.69, 9.17) is 5.73 Å². The van der Waals surface area contributed by atoms with Gasteiger partial charge in [0, 0.05) is 19.6 Å². The molecular weight excluding hydrogens is 236 g/mol. The molecule has 1 heterocycles. The number of nitrogens with two attached hydrogens (primary N) is 1. The van der Waals surface area contributed by atoms with E-state index in [1.807, 2.05) is 0 Å². The molecule has 2 aliphatic rings. The Balaban J connectivity index is 2.01. The van der Waals surface area contributed by atoms with Crippen LogP contribution in [0.3, 0.4) is 0 Å². The van der Waals surface area contributed by atoms with Crippen LogP contribution >= 0.6 is 0 Å². The second kappa shape index (κ2) is 6.74. The first-order valence-corrected chi connectivity index (χ1v) is 8.21. The van der Waals surface area contributed by atoms with Gasteiger partial charge in [-0.1, -0.05) is 32.6 Å². The fourth-order valence-electron chi connectivity index (χ4n) is 3.85. The molecule has 2 fully saturated rings. The summed E-state index contributed by atoms with van der Waals surface area (Å²) < 4.78 is 0. The predicted molar refractivity (Wildman–Crippen MR) is 78.8 cm³/mol. The number of rotatable bonds is 3. The lowest BCUT2D eigenvalue weighted by Crippen LogP contribution is -2.49. The van der Waals surface area contributed by atoms with Crippen LogP contribution in [-0.4, -0.2) is 30.4 Å². The minimum atomic E-state index is -0.218. The molecular formula is C16H30N2O. The van der Waals surface area contributed by atoms with Crippen molar-refractivity contribution in [2.45, 2.75) is 64.7 Å². The maximum absolute atomic E-state index is 12.9. The lowest BCUT2D eigenvalue weighted by Gasteiger charge is -2.38. The lowest BCUT2D eigenvalue weighted by molar-refractivity contribution is -0.143. The first-order valence-electron chi connectivity index (χ1n) is 8.21. The summed E-state index contributed by atoms with van der Waals surface area (Å²) in [4.78, 5) is 15.0. The number of likely N-dealkylation sites (tertiary alicyclic amines) is 1. The third-order valence-corrected chi connectivity index (χ3v) is 5.37. The van der Waals surface area contributed by atoms with E-state index in [0.717, 1.165) is 31.8 Å². The van der Waals surface area contributed by atoms with Crippen LogP contribution in [0.1, 0.15) is 64.7 Å². The summed E-state index contributed by atoms with van der Waals surface area (Å²) in [5.74, 6) is 1.18. The molecule has 19 heavy (non-hydrogen) atoms. The van der Waals surface area contributed by atoms with Gasteiger partial charge in [-0.2, -0.15) is 0 Å². The Morgan fingerprint density at radius 3 is 2.53 bits per heavy atom. The highest BCUT2D eigenvalue weighted by Gasteiger charge is 2.41. The Morgan fingerprint density at radius 2 is 1.89 bits per heavy atom. The Hall–Kier alpha value is -0.570. The summed E-state index contributed by atoms with van der Waals surface area (Å²) in [5, 5.41) is 0. The van der Waals surface area contributed by atoms with E-state index in [1.54, 1.807) is 0 Å². The van der Waals surface area contributed by atoms with E-state index >= 15 is 0 Å². The Kier molecular flexibility index (Phi) is 5.26. The molecule has 3 nitrogen and oxygen atoms in total. The van der Waals surface area contributed by atoms with E-state index < -0.39 is 0 Å². The molecule has 3 heteroatoms. The Bertz CT molecular complexity index is 297. The van der Waals surface area contributed by atoms with Crippen LogP contribution in [0.25, 0.3) is 0 Å². The summed E-state index contributed by atoms with van der Waals surface area (Å²) in [6.07, 6.45) is 10.5. The highest BCUT2D eigenvalue weighted by molar-refractivity contribution is 5.83. The van der Waals surface area contributed by atoms with Crippen molar-refractivity contribution in [2.75, 3.05) is 19.6 Å². The van der Waals surface area contributed by atoms with Crippen molar-refractivity contribution >= 4 is 5.91 Å². The highest BCUT2D eigenvalue weighted by atomic mass is 16.2. The van der Waals surface area contributed by atoms with Gasteiger partial charge in [0.1, 0.15) is 0 Å². The third-order valence-electron chi connectivity index (χ3n) is 5.37. The fourth-order valence-corrected chi connectivity index (χ4v) is 3.85. The molecule has 1 aliphatic carbocycles. The van der Waals surface area contributed by atoms with E-state index in [9.17, 15) is 4.79 Å². The van der Waals surface area contributed by atoms with Gasteiger partial charge in [-0.3, -0.25) is 4.79 Å². The standard InChI is InChI=1S/C16H30N2O/c1-2-14-7-6-11-18(12-8-14)15(19)16(13-17)9-4-3-5-10-16/h14H,2-13,17H2,1H3. The minimum absolute atomic E-state index is 0.218. The third kappa shape index (κ3) is 3.31. The summed E-state index contributed by atoms with van der Waals surface area (Å²) in [6.45, 7) is 4.72. The second-order valence-electron chi connectivity index (χ2n) is 6.54. The second-order valence-corrected chi connectivity index (χ2v) is 6.54. The molecule has 2 rings (SSSR count). The first kappa shape index (κ1) is 14.8. The molecule has 0 spiro atoms. The van der Waals surface area contributed by atoms with Gasteiger partial charge >= 0.3 is 0 Å². The average molecular weight is 266 g/mol. The Morgan fingerprint density at radius 1 is 1.16 bits per heavy atom. The molecule has 1 unspecified atom stereocenters. The minimum Gasteiger partial charge on any atom is -0.342 e. The van der Waals surface area contributed by atoms with Crippen molar-refractivity contribution in [3.8, 4) is 0 Å². The summed E-state index contributed by atoms with van der Waals surface area (Å²) in [5.41, 5.74) is 5.77. The van der Waals surface area contributed by atoms with E-state index in [-0.39, 0.29) is 5.41 Å². The molecule has 0 aromatic heterocycles. The topological polar surface area (TPSA) is 46.3 Å². The summed E-state index contributed by atoms with van der Waals surface area (Å²) >= 11 is 0. The van der Waals surface area contributed by atoms with Gasteiger partial charge in [-0.15, -0.1) is 0 Å². The Labute approximate surface area is 117 Å². The molecule has 1 aliphatic heterocycles. The molecule has 1 atom stereocenters. The smallest absolute Gasteiger partial charge is 0.230 e. The molecule has 0 bridgehead atoms. The quantitative estimate of drug-likeness (QED) is 0.853. The number of amides is 1. The number of carbonyl (C=O) groups is 1. The molecule has 2 N–H and O–H groups in total. The van der Waals surface area contributed by atoms with Crippen molar-refractivity contribution in [2.24, 2.45) is 17.1 Å². The van der Waals surface area contributed by atoms with E-state index in [1.165, 1.54) is 44.9 Å². The zero-order chi connectivity index (χ0) is 13.7. The number of carbonyl (C=O) groups excluding carboxylic acids is 1. The highest BCUT2D eigenvalue weighted by Crippen LogP contribution is 2.37. The summed E-state index contributed by atoms with van der Waals surface area (Å²) in [7, 11) is 0. The van der Waals surface area contributed by atoms with Crippen LogP contribution in [0.15, 0.2) is 0 Å². The van der Waals surface area contributed by atoms with Crippen LogP contribution in [-0.2, 0) is 4.79 Å². The van der Waals surface area contributed by atoms with Gasteiger partial charge in [-0.05, 0) is 38.0 Å². The summed E-state index contributed by atoms with van der Waals surface area (Å²) in [6, 6.07) is 0. The zero-order valence-electron chi connectivity index (χ0n) is 12.5. The van der Waals surface area contributed by atoms with Gasteiger partial charge < -0.3 is 10.6 Å². The van der Waals surface area contributed by atoms with Crippen molar-refractivity contribution < 1.29 is 4.79 Å². The monoisotopic (exact) mass is 266 g/mol. The molecule has 0 aromatic rings. The zero-order valence-corrected chi connectivity index (χ0v) is 12.5. The first-order chi connectivity index (χ1) is 9.22. The van der Waals surface area contributed by atoms with Crippen molar-refractivity contribution in [3.05, 3.63) is 0 Å². The molecule has 1 saturated carbocycles. The average Bonchev–Trinajstić information content (AvgIpc) is 2.72. The largest absolute Gasteiger partial charge is 0.342 e. The van der Waals surface area contributed by atoms with Crippen LogP contribution in [0.4, 0.5) is 0 Å². The van der Waals surface area contributed by atoms with E-state index in [2.05, 4.69) is 11.8 Å². The number of hydrogen-bond acceptors (Lipinski definition) is 2. The molecule has 1 saturated heterocycles. The van der Waals surface area contributed by atoms with Crippen LogP contribution < -0.4 is 5.73 Å². The lowest BCUT2D eigenvalue weighted by atomic mass is 9.73. The van der Waals surface area contributed by atoms with Gasteiger partial charge in [0.05, 0.1) is 5.41 Å². The van der Waals surface area contributed by atoms with Crippen LogP contribution in [0.5, 0.6) is 0 Å².